The number of ether oxygens (including phenoxy) is 2. The first kappa shape index (κ1) is 16.4. The molecule has 1 aliphatic rings. The summed E-state index contributed by atoms with van der Waals surface area (Å²) in [5.74, 6) is -0.867. The zero-order valence-electron chi connectivity index (χ0n) is 13.3. The van der Waals surface area contributed by atoms with E-state index in [2.05, 4.69) is 15.2 Å². The predicted octanol–water partition coefficient (Wildman–Crippen LogP) is 2.02. The molecule has 2 heterocycles. The first-order valence-electron chi connectivity index (χ1n) is 7.34. The van der Waals surface area contributed by atoms with Crippen LogP contribution in [0.25, 0.3) is 0 Å². The fourth-order valence-corrected chi connectivity index (χ4v) is 3.15. The van der Waals surface area contributed by atoms with Gasteiger partial charge in [0.05, 0.1) is 24.5 Å². The lowest BCUT2D eigenvalue weighted by Gasteiger charge is -2.37. The summed E-state index contributed by atoms with van der Waals surface area (Å²) in [6.45, 7) is 1.55. The van der Waals surface area contributed by atoms with E-state index in [-0.39, 0.29) is 12.0 Å². The van der Waals surface area contributed by atoms with Crippen molar-refractivity contribution < 1.29 is 19.1 Å². The maximum absolute atomic E-state index is 12.4. The number of thiazole rings is 1. The molecule has 8 heteroatoms. The fraction of sp³-hybridized carbons (Fsp3) is 0.312. The summed E-state index contributed by atoms with van der Waals surface area (Å²) in [5.41, 5.74) is 1.01. The van der Waals surface area contributed by atoms with Crippen molar-refractivity contribution in [3.05, 3.63) is 40.9 Å². The minimum Gasteiger partial charge on any atom is -0.465 e. The molecule has 3 rings (SSSR count). The van der Waals surface area contributed by atoms with Crippen LogP contribution in [0.1, 0.15) is 20.8 Å². The van der Waals surface area contributed by atoms with Gasteiger partial charge in [-0.25, -0.2) is 9.78 Å². The summed E-state index contributed by atoms with van der Waals surface area (Å²) in [6, 6.07) is 6.69. The van der Waals surface area contributed by atoms with Crippen molar-refractivity contribution in [1.29, 1.82) is 0 Å². The highest BCUT2D eigenvalue weighted by atomic mass is 32.1. The van der Waals surface area contributed by atoms with Crippen LogP contribution in [0.15, 0.2) is 29.6 Å². The monoisotopic (exact) mass is 347 g/mol. The van der Waals surface area contributed by atoms with E-state index in [0.29, 0.717) is 16.9 Å². The molecular weight excluding hydrogens is 330 g/mol. The molecule has 7 nitrogen and oxygen atoms in total. The van der Waals surface area contributed by atoms with Crippen molar-refractivity contribution in [2.45, 2.75) is 6.10 Å². The Morgan fingerprint density at radius 1 is 1.29 bits per heavy atom. The van der Waals surface area contributed by atoms with E-state index >= 15 is 0 Å². The van der Waals surface area contributed by atoms with E-state index in [1.807, 2.05) is 0 Å². The molecule has 1 fully saturated rings. The highest BCUT2D eigenvalue weighted by Crippen LogP contribution is 2.26. The van der Waals surface area contributed by atoms with Crippen molar-refractivity contribution in [3.8, 4) is 0 Å². The van der Waals surface area contributed by atoms with Crippen LogP contribution in [0.4, 0.5) is 10.8 Å². The van der Waals surface area contributed by atoms with Crippen LogP contribution in [0.3, 0.4) is 0 Å². The number of hydrogen-bond donors (Lipinski definition) is 1. The Morgan fingerprint density at radius 2 is 2.04 bits per heavy atom. The van der Waals surface area contributed by atoms with Gasteiger partial charge in [0.1, 0.15) is 5.69 Å². The molecule has 0 unspecified atom stereocenters. The van der Waals surface area contributed by atoms with Crippen LogP contribution in [-0.4, -0.2) is 50.3 Å². The van der Waals surface area contributed by atoms with Gasteiger partial charge in [-0.2, -0.15) is 0 Å². The molecule has 1 N–H and O–H groups in total. The molecule has 1 aliphatic heterocycles. The lowest BCUT2D eigenvalue weighted by molar-refractivity contribution is 0.0602. The first-order valence-corrected chi connectivity index (χ1v) is 8.22. The summed E-state index contributed by atoms with van der Waals surface area (Å²) < 4.78 is 9.95. The van der Waals surface area contributed by atoms with E-state index < -0.39 is 5.97 Å². The third-order valence-corrected chi connectivity index (χ3v) is 4.66. The normalized spacial score (nSPS) is 14.2. The van der Waals surface area contributed by atoms with Gasteiger partial charge < -0.3 is 19.7 Å². The molecule has 2 aromatic rings. The molecule has 126 valence electrons. The lowest BCUT2D eigenvalue weighted by Crippen LogP contribution is -2.51. The molecule has 1 saturated heterocycles. The quantitative estimate of drug-likeness (QED) is 0.834. The van der Waals surface area contributed by atoms with Gasteiger partial charge in [-0.05, 0) is 12.1 Å². The van der Waals surface area contributed by atoms with Crippen LogP contribution in [0, 0.1) is 0 Å². The van der Waals surface area contributed by atoms with Crippen molar-refractivity contribution >= 4 is 34.0 Å². The highest BCUT2D eigenvalue weighted by molar-refractivity contribution is 7.14. The standard InChI is InChI=1S/C16H17N3O4S/c1-22-10-7-19(8-10)16-18-13(9-24-16)14(20)17-12-6-4-3-5-11(12)15(21)23-2/h3-6,9-10H,7-8H2,1-2H3,(H,17,20). The lowest BCUT2D eigenvalue weighted by atomic mass is 10.2. The van der Waals surface area contributed by atoms with Crippen molar-refractivity contribution in [1.82, 2.24) is 4.98 Å². The number of amides is 1. The van der Waals surface area contributed by atoms with Crippen LogP contribution >= 0.6 is 11.3 Å². The average Bonchev–Trinajstić information content (AvgIpc) is 3.03. The topological polar surface area (TPSA) is 80.8 Å². The maximum atomic E-state index is 12.4. The number of aromatic nitrogens is 1. The molecule has 0 radical (unpaired) electrons. The molecule has 1 aromatic carbocycles. The fourth-order valence-electron chi connectivity index (χ4n) is 2.32. The number of hydrogen-bond acceptors (Lipinski definition) is 7. The largest absolute Gasteiger partial charge is 0.465 e. The first-order chi connectivity index (χ1) is 11.6. The van der Waals surface area contributed by atoms with Gasteiger partial charge in [0, 0.05) is 25.6 Å². The number of rotatable bonds is 5. The van der Waals surface area contributed by atoms with E-state index in [9.17, 15) is 9.59 Å². The van der Waals surface area contributed by atoms with Crippen molar-refractivity contribution in [2.75, 3.05) is 37.5 Å². The van der Waals surface area contributed by atoms with Gasteiger partial charge in [0.2, 0.25) is 0 Å². The van der Waals surface area contributed by atoms with E-state index in [4.69, 9.17) is 9.47 Å². The predicted molar refractivity (Wildman–Crippen MR) is 90.9 cm³/mol. The smallest absolute Gasteiger partial charge is 0.339 e. The zero-order chi connectivity index (χ0) is 17.1. The van der Waals surface area contributed by atoms with Gasteiger partial charge in [-0.3, -0.25) is 4.79 Å². The molecule has 24 heavy (non-hydrogen) atoms. The third-order valence-electron chi connectivity index (χ3n) is 3.76. The average molecular weight is 347 g/mol. The third kappa shape index (κ3) is 3.24. The number of esters is 1. The van der Waals surface area contributed by atoms with Crippen LogP contribution < -0.4 is 10.2 Å². The molecule has 0 atom stereocenters. The van der Waals surface area contributed by atoms with Crippen molar-refractivity contribution in [3.63, 3.8) is 0 Å². The Kier molecular flexibility index (Phi) is 4.77. The number of nitrogens with one attached hydrogen (secondary N) is 1. The van der Waals surface area contributed by atoms with Gasteiger partial charge in [-0.1, -0.05) is 12.1 Å². The van der Waals surface area contributed by atoms with E-state index in [0.717, 1.165) is 18.2 Å². The number of benzene rings is 1. The molecule has 0 saturated carbocycles. The summed E-state index contributed by atoms with van der Waals surface area (Å²) in [5, 5.41) is 5.20. The van der Waals surface area contributed by atoms with Gasteiger partial charge in [-0.15, -0.1) is 11.3 Å². The molecule has 0 spiro atoms. The van der Waals surface area contributed by atoms with E-state index in [1.165, 1.54) is 18.4 Å². The summed E-state index contributed by atoms with van der Waals surface area (Å²) in [7, 11) is 2.98. The second kappa shape index (κ2) is 6.98. The van der Waals surface area contributed by atoms with Gasteiger partial charge in [0.15, 0.2) is 5.13 Å². The highest BCUT2D eigenvalue weighted by Gasteiger charge is 2.29. The Balaban J connectivity index is 1.70. The van der Waals surface area contributed by atoms with Crippen LogP contribution in [-0.2, 0) is 9.47 Å². The van der Waals surface area contributed by atoms with Gasteiger partial charge in [0.25, 0.3) is 5.91 Å². The van der Waals surface area contributed by atoms with Crippen LogP contribution in [0.5, 0.6) is 0 Å². The molecule has 0 aliphatic carbocycles. The molecular formula is C16H17N3O4S. The number of carbonyl (C=O) groups excluding carboxylic acids is 2. The Bertz CT molecular complexity index is 755. The molecule has 1 aromatic heterocycles. The summed E-state index contributed by atoms with van der Waals surface area (Å²) in [6.07, 6.45) is 0.220. The Morgan fingerprint density at radius 3 is 2.75 bits per heavy atom. The Hall–Kier alpha value is -2.45. The minimum absolute atomic E-state index is 0.220. The number of nitrogens with zero attached hydrogens (tertiary/aromatic N) is 2. The van der Waals surface area contributed by atoms with Gasteiger partial charge >= 0.3 is 5.97 Å². The number of anilines is 2. The summed E-state index contributed by atoms with van der Waals surface area (Å²) >= 11 is 1.41. The Labute approximate surface area is 143 Å². The molecule has 1 amide bonds. The second-order valence-electron chi connectivity index (χ2n) is 5.27. The van der Waals surface area contributed by atoms with E-state index in [1.54, 1.807) is 36.8 Å². The molecule has 0 bridgehead atoms. The SMILES string of the molecule is COC(=O)c1ccccc1NC(=O)c1csc(N2CC(OC)C2)n1. The van der Waals surface area contributed by atoms with Crippen molar-refractivity contribution in [2.24, 2.45) is 0 Å². The summed E-state index contributed by atoms with van der Waals surface area (Å²) in [4.78, 5) is 30.5. The maximum Gasteiger partial charge on any atom is 0.339 e. The van der Waals surface area contributed by atoms with Crippen LogP contribution in [0.2, 0.25) is 0 Å². The zero-order valence-corrected chi connectivity index (χ0v) is 14.1. The second-order valence-corrected chi connectivity index (χ2v) is 6.11. The minimum atomic E-state index is -0.504. The number of carbonyl (C=O) groups is 2. The number of methoxy groups -OCH3 is 2. The number of para-hydroxylation sites is 1.